The van der Waals surface area contributed by atoms with E-state index in [4.69, 9.17) is 23.2 Å². The minimum atomic E-state index is -0.0491. The molecule has 0 atom stereocenters. The average molecular weight is 368 g/mol. The quantitative estimate of drug-likeness (QED) is 0.760. The lowest BCUT2D eigenvalue weighted by Crippen LogP contribution is -2.38. The Kier molecular flexibility index (Phi) is 6.11. The molecule has 0 fully saturated rings. The highest BCUT2D eigenvalue weighted by molar-refractivity contribution is 6.36. The molecule has 0 saturated carbocycles. The van der Waals surface area contributed by atoms with Crippen LogP contribution in [-0.4, -0.2) is 24.5 Å². The van der Waals surface area contributed by atoms with E-state index in [1.807, 2.05) is 12.1 Å². The zero-order valence-electron chi connectivity index (χ0n) is 15.2. The van der Waals surface area contributed by atoms with Gasteiger partial charge >= 0.3 is 0 Å². The number of allylic oxidation sites excluding steroid dienone is 1. The number of benzene rings is 1. The van der Waals surface area contributed by atoms with Gasteiger partial charge in [-0.15, -0.1) is 0 Å². The van der Waals surface area contributed by atoms with Gasteiger partial charge < -0.3 is 10.2 Å². The van der Waals surface area contributed by atoms with Crippen molar-refractivity contribution in [1.29, 1.82) is 0 Å². The molecule has 132 valence electrons. The van der Waals surface area contributed by atoms with Crippen LogP contribution in [0.15, 0.2) is 42.0 Å². The summed E-state index contributed by atoms with van der Waals surface area (Å²) in [5.41, 5.74) is 2.07. The van der Waals surface area contributed by atoms with Crippen molar-refractivity contribution in [3.05, 3.63) is 52.0 Å². The lowest BCUT2D eigenvalue weighted by Gasteiger charge is -2.40. The van der Waals surface area contributed by atoms with Crippen molar-refractivity contribution in [3.63, 3.8) is 0 Å². The number of nitrogens with zero attached hydrogens (tertiary/aromatic N) is 2. The molecule has 0 unspecified atom stereocenters. The smallest absolute Gasteiger partial charge is 0.111 e. The predicted molar refractivity (Wildman–Crippen MR) is 105 cm³/mol. The van der Waals surface area contributed by atoms with Crippen LogP contribution in [0.2, 0.25) is 10.0 Å². The molecular weight excluding hydrogens is 341 g/mol. The van der Waals surface area contributed by atoms with Crippen LogP contribution >= 0.6 is 23.2 Å². The molecule has 0 saturated heterocycles. The number of hydrogen-bond acceptors (Lipinski definition) is 3. The van der Waals surface area contributed by atoms with Crippen LogP contribution in [0.5, 0.6) is 0 Å². The highest BCUT2D eigenvalue weighted by atomic mass is 35.5. The molecule has 0 radical (unpaired) electrons. The molecule has 0 aromatic heterocycles. The van der Waals surface area contributed by atoms with Crippen molar-refractivity contribution >= 4 is 28.9 Å². The van der Waals surface area contributed by atoms with Gasteiger partial charge in [0.1, 0.15) is 5.82 Å². The number of rotatable bonds is 4. The van der Waals surface area contributed by atoms with Gasteiger partial charge in [-0.25, -0.2) is 0 Å². The Balaban J connectivity index is 2.66. The SMILES string of the molecule is CCN(CC)C1=CCNC=C(C(C)(C)C)N1c1ccc(Cl)cc1Cl. The molecule has 2 rings (SSSR count). The third-order valence-electron chi connectivity index (χ3n) is 4.12. The largest absolute Gasteiger partial charge is 0.386 e. The second-order valence-corrected chi connectivity index (χ2v) is 7.70. The van der Waals surface area contributed by atoms with Crippen LogP contribution in [0.1, 0.15) is 34.6 Å². The van der Waals surface area contributed by atoms with Gasteiger partial charge in [-0.1, -0.05) is 44.0 Å². The normalized spacial score (nSPS) is 15.4. The zero-order valence-corrected chi connectivity index (χ0v) is 16.7. The number of nitrogens with one attached hydrogen (secondary N) is 1. The molecule has 1 aromatic carbocycles. The maximum Gasteiger partial charge on any atom is 0.111 e. The summed E-state index contributed by atoms with van der Waals surface area (Å²) in [6, 6.07) is 5.69. The number of hydrogen-bond donors (Lipinski definition) is 1. The minimum absolute atomic E-state index is 0.0491. The van der Waals surface area contributed by atoms with E-state index < -0.39 is 0 Å². The van der Waals surface area contributed by atoms with Crippen molar-refractivity contribution in [1.82, 2.24) is 10.2 Å². The first-order chi connectivity index (χ1) is 11.3. The standard InChI is InChI=1S/C19H27Cl2N3/c1-6-23(7-2)18-10-11-22-13-17(19(3,4)5)24(18)16-9-8-14(20)12-15(16)21/h8-10,12-13,22H,6-7,11H2,1-5H3. The Morgan fingerprint density at radius 1 is 1.17 bits per heavy atom. The second kappa shape index (κ2) is 7.71. The molecule has 24 heavy (non-hydrogen) atoms. The van der Waals surface area contributed by atoms with E-state index in [-0.39, 0.29) is 5.41 Å². The Hall–Kier alpha value is -1.32. The Bertz CT molecular complexity index is 641. The van der Waals surface area contributed by atoms with Crippen molar-refractivity contribution in [2.24, 2.45) is 5.41 Å². The van der Waals surface area contributed by atoms with Crippen LogP contribution in [0.3, 0.4) is 0 Å². The molecule has 0 bridgehead atoms. The van der Waals surface area contributed by atoms with Crippen LogP contribution in [-0.2, 0) is 0 Å². The van der Waals surface area contributed by atoms with Gasteiger partial charge in [0.2, 0.25) is 0 Å². The first kappa shape index (κ1) is 19.0. The summed E-state index contributed by atoms with van der Waals surface area (Å²) in [7, 11) is 0. The monoisotopic (exact) mass is 367 g/mol. The van der Waals surface area contributed by atoms with E-state index >= 15 is 0 Å². The third kappa shape index (κ3) is 4.01. The molecule has 1 N–H and O–H groups in total. The van der Waals surface area contributed by atoms with Crippen molar-refractivity contribution < 1.29 is 0 Å². The Morgan fingerprint density at radius 2 is 1.83 bits per heavy atom. The van der Waals surface area contributed by atoms with Crippen molar-refractivity contribution in [2.75, 3.05) is 24.5 Å². The molecule has 5 heteroatoms. The molecule has 0 spiro atoms. The van der Waals surface area contributed by atoms with Gasteiger partial charge in [-0.2, -0.15) is 0 Å². The Labute approximate surface area is 155 Å². The molecule has 3 nitrogen and oxygen atoms in total. The molecule has 0 aliphatic carbocycles. The maximum absolute atomic E-state index is 6.57. The second-order valence-electron chi connectivity index (χ2n) is 6.85. The molecule has 1 aliphatic heterocycles. The molecule has 1 aromatic rings. The lowest BCUT2D eigenvalue weighted by molar-refractivity contribution is 0.364. The third-order valence-corrected chi connectivity index (χ3v) is 4.66. The first-order valence-electron chi connectivity index (χ1n) is 8.43. The fourth-order valence-electron chi connectivity index (χ4n) is 2.87. The van der Waals surface area contributed by atoms with Gasteiger partial charge in [-0.3, -0.25) is 4.90 Å². The lowest BCUT2D eigenvalue weighted by atomic mass is 9.91. The fraction of sp³-hybridized carbons (Fsp3) is 0.474. The van der Waals surface area contributed by atoms with Crippen LogP contribution in [0.25, 0.3) is 0 Å². The number of halogens is 2. The van der Waals surface area contributed by atoms with Crippen molar-refractivity contribution in [2.45, 2.75) is 34.6 Å². The highest BCUT2D eigenvalue weighted by Crippen LogP contribution is 2.40. The summed E-state index contributed by atoms with van der Waals surface area (Å²) in [6.07, 6.45) is 4.31. The van der Waals surface area contributed by atoms with Crippen molar-refractivity contribution in [3.8, 4) is 0 Å². The minimum Gasteiger partial charge on any atom is -0.386 e. The van der Waals surface area contributed by atoms with Gasteiger partial charge in [0, 0.05) is 42.0 Å². The highest BCUT2D eigenvalue weighted by Gasteiger charge is 2.30. The summed E-state index contributed by atoms with van der Waals surface area (Å²) < 4.78 is 0. The van der Waals surface area contributed by atoms with E-state index in [1.165, 1.54) is 5.70 Å². The molecule has 1 heterocycles. The maximum atomic E-state index is 6.57. The van der Waals surface area contributed by atoms with E-state index in [9.17, 15) is 0 Å². The van der Waals surface area contributed by atoms with Gasteiger partial charge in [-0.05, 0) is 38.1 Å². The summed E-state index contributed by atoms with van der Waals surface area (Å²) >= 11 is 12.7. The summed E-state index contributed by atoms with van der Waals surface area (Å²) in [6.45, 7) is 13.6. The van der Waals surface area contributed by atoms with E-state index in [0.29, 0.717) is 10.0 Å². The van der Waals surface area contributed by atoms with Crippen LogP contribution in [0, 0.1) is 5.41 Å². The van der Waals surface area contributed by atoms with E-state index in [1.54, 1.807) is 6.07 Å². The topological polar surface area (TPSA) is 18.5 Å². The predicted octanol–water partition coefficient (Wildman–Crippen LogP) is 5.47. The molecule has 0 amide bonds. The Morgan fingerprint density at radius 3 is 2.38 bits per heavy atom. The summed E-state index contributed by atoms with van der Waals surface area (Å²) in [5, 5.41) is 4.69. The zero-order chi connectivity index (χ0) is 17.9. The van der Waals surface area contributed by atoms with Crippen LogP contribution in [0.4, 0.5) is 5.69 Å². The number of anilines is 1. The average Bonchev–Trinajstić information content (AvgIpc) is 2.71. The molecule has 1 aliphatic rings. The van der Waals surface area contributed by atoms with E-state index in [2.05, 4.69) is 62.0 Å². The molecular formula is C19H27Cl2N3. The fourth-order valence-corrected chi connectivity index (χ4v) is 3.36. The summed E-state index contributed by atoms with van der Waals surface area (Å²) in [5.74, 6) is 1.15. The van der Waals surface area contributed by atoms with E-state index in [0.717, 1.165) is 31.1 Å². The van der Waals surface area contributed by atoms with Gasteiger partial charge in [0.25, 0.3) is 0 Å². The van der Waals surface area contributed by atoms with Crippen LogP contribution < -0.4 is 10.2 Å². The first-order valence-corrected chi connectivity index (χ1v) is 9.19. The summed E-state index contributed by atoms with van der Waals surface area (Å²) in [4.78, 5) is 4.60. The van der Waals surface area contributed by atoms with Gasteiger partial charge in [0.15, 0.2) is 0 Å². The van der Waals surface area contributed by atoms with Gasteiger partial charge in [0.05, 0.1) is 10.7 Å².